The number of ether oxygens (including phenoxy) is 1. The Morgan fingerprint density at radius 3 is 2.37 bits per heavy atom. The van der Waals surface area contributed by atoms with E-state index in [4.69, 9.17) is 15.3 Å². The molecule has 1 atom stereocenters. The van der Waals surface area contributed by atoms with Crippen LogP contribution in [0.25, 0.3) is 0 Å². The Hall–Kier alpha value is -1.34. The van der Waals surface area contributed by atoms with E-state index in [2.05, 4.69) is 10.8 Å². The molecule has 1 fully saturated rings. The van der Waals surface area contributed by atoms with E-state index in [0.29, 0.717) is 25.5 Å². The van der Waals surface area contributed by atoms with E-state index >= 15 is 0 Å². The molecule has 0 aliphatic heterocycles. The SMILES string of the molecule is CC(C)(C)OC(=O)NC(CC1CCCCC1)C(=O)NOCCCCCCN. The molecular weight excluding hydrogens is 346 g/mol. The van der Waals surface area contributed by atoms with E-state index in [1.54, 1.807) is 20.8 Å². The van der Waals surface area contributed by atoms with Gasteiger partial charge in [0.05, 0.1) is 6.61 Å². The van der Waals surface area contributed by atoms with E-state index < -0.39 is 17.7 Å². The molecule has 2 amide bonds. The quantitative estimate of drug-likeness (QED) is 0.373. The van der Waals surface area contributed by atoms with Gasteiger partial charge in [-0.25, -0.2) is 10.3 Å². The Kier molecular flexibility index (Phi) is 11.4. The van der Waals surface area contributed by atoms with Crippen molar-refractivity contribution < 1.29 is 19.2 Å². The van der Waals surface area contributed by atoms with Crippen LogP contribution in [0.5, 0.6) is 0 Å². The normalized spacial score (nSPS) is 16.6. The third-order valence-corrected chi connectivity index (χ3v) is 4.67. The number of nitrogens with two attached hydrogens (primary N) is 1. The molecule has 0 aromatic heterocycles. The first-order valence-corrected chi connectivity index (χ1v) is 10.4. The molecule has 7 heteroatoms. The predicted octanol–water partition coefficient (Wildman–Crippen LogP) is 3.42. The molecule has 1 aliphatic carbocycles. The summed E-state index contributed by atoms with van der Waals surface area (Å²) < 4.78 is 5.31. The number of hydrogen-bond donors (Lipinski definition) is 3. The molecule has 0 saturated heterocycles. The Morgan fingerprint density at radius 1 is 1.07 bits per heavy atom. The lowest BCUT2D eigenvalue weighted by Gasteiger charge is -2.27. The monoisotopic (exact) mass is 385 g/mol. The molecule has 0 bridgehead atoms. The first kappa shape index (κ1) is 23.7. The third-order valence-electron chi connectivity index (χ3n) is 4.67. The highest BCUT2D eigenvalue weighted by Gasteiger charge is 2.28. The zero-order valence-corrected chi connectivity index (χ0v) is 17.4. The Balaban J connectivity index is 2.45. The second-order valence-electron chi connectivity index (χ2n) is 8.46. The van der Waals surface area contributed by atoms with E-state index in [1.807, 2.05) is 0 Å². The number of hydrogen-bond acceptors (Lipinski definition) is 5. The van der Waals surface area contributed by atoms with Crippen molar-refractivity contribution in [2.75, 3.05) is 13.2 Å². The standard InChI is InChI=1S/C20H39N3O4/c1-20(2,3)27-19(25)22-17(15-16-11-7-6-8-12-16)18(24)23-26-14-10-5-4-9-13-21/h16-17H,4-15,21H2,1-3H3,(H,22,25)(H,23,24). The van der Waals surface area contributed by atoms with Gasteiger partial charge in [0, 0.05) is 0 Å². The van der Waals surface area contributed by atoms with Crippen molar-refractivity contribution in [1.29, 1.82) is 0 Å². The number of amides is 2. The molecule has 1 saturated carbocycles. The molecule has 0 radical (unpaired) electrons. The average molecular weight is 386 g/mol. The van der Waals surface area contributed by atoms with E-state index in [-0.39, 0.29) is 5.91 Å². The van der Waals surface area contributed by atoms with Crippen LogP contribution in [-0.4, -0.2) is 36.8 Å². The van der Waals surface area contributed by atoms with Crippen LogP contribution in [0.1, 0.15) is 85.0 Å². The van der Waals surface area contributed by atoms with Gasteiger partial charge in [-0.3, -0.25) is 9.63 Å². The Morgan fingerprint density at radius 2 is 1.74 bits per heavy atom. The molecule has 27 heavy (non-hydrogen) atoms. The molecule has 1 rings (SSSR count). The number of nitrogens with one attached hydrogen (secondary N) is 2. The van der Waals surface area contributed by atoms with E-state index in [0.717, 1.165) is 38.5 Å². The first-order valence-electron chi connectivity index (χ1n) is 10.4. The fourth-order valence-electron chi connectivity index (χ4n) is 3.30. The third kappa shape index (κ3) is 11.9. The van der Waals surface area contributed by atoms with Crippen LogP contribution in [0.15, 0.2) is 0 Å². The summed E-state index contributed by atoms with van der Waals surface area (Å²) in [6.45, 7) is 6.57. The molecule has 0 aromatic rings. The Labute approximate surface area is 164 Å². The van der Waals surface area contributed by atoms with Gasteiger partial charge in [0.15, 0.2) is 0 Å². The first-order chi connectivity index (χ1) is 12.8. The zero-order valence-electron chi connectivity index (χ0n) is 17.4. The van der Waals surface area contributed by atoms with Crippen molar-refractivity contribution in [3.8, 4) is 0 Å². The highest BCUT2D eigenvalue weighted by Crippen LogP contribution is 2.27. The summed E-state index contributed by atoms with van der Waals surface area (Å²) in [5.41, 5.74) is 7.36. The average Bonchev–Trinajstić information content (AvgIpc) is 2.59. The van der Waals surface area contributed by atoms with Crippen LogP contribution in [-0.2, 0) is 14.4 Å². The number of rotatable bonds is 11. The van der Waals surface area contributed by atoms with Crippen LogP contribution < -0.4 is 16.5 Å². The van der Waals surface area contributed by atoms with E-state index in [1.165, 1.54) is 19.3 Å². The largest absolute Gasteiger partial charge is 0.444 e. The number of unbranched alkanes of at least 4 members (excludes halogenated alkanes) is 3. The van der Waals surface area contributed by atoms with Gasteiger partial charge >= 0.3 is 6.09 Å². The fourth-order valence-corrected chi connectivity index (χ4v) is 3.30. The molecule has 4 N–H and O–H groups in total. The number of carbonyl (C=O) groups is 2. The maximum atomic E-state index is 12.5. The van der Waals surface area contributed by atoms with Crippen molar-refractivity contribution in [3.05, 3.63) is 0 Å². The molecule has 0 aromatic carbocycles. The highest BCUT2D eigenvalue weighted by atomic mass is 16.7. The van der Waals surface area contributed by atoms with Crippen LogP contribution in [0, 0.1) is 5.92 Å². The second kappa shape index (κ2) is 12.9. The molecule has 1 aliphatic rings. The molecule has 1 unspecified atom stereocenters. The molecule has 0 spiro atoms. The lowest BCUT2D eigenvalue weighted by molar-refractivity contribution is -0.136. The number of hydroxylamine groups is 1. The fraction of sp³-hybridized carbons (Fsp3) is 0.900. The van der Waals surface area contributed by atoms with Gasteiger partial charge in [-0.1, -0.05) is 44.9 Å². The van der Waals surface area contributed by atoms with Crippen molar-refractivity contribution >= 4 is 12.0 Å². The van der Waals surface area contributed by atoms with Crippen molar-refractivity contribution in [3.63, 3.8) is 0 Å². The summed E-state index contributed by atoms with van der Waals surface area (Å²) in [6, 6.07) is -0.639. The highest BCUT2D eigenvalue weighted by molar-refractivity contribution is 5.84. The van der Waals surface area contributed by atoms with Gasteiger partial charge in [-0.05, 0) is 52.5 Å². The van der Waals surface area contributed by atoms with Crippen molar-refractivity contribution in [2.24, 2.45) is 11.7 Å². The summed E-state index contributed by atoms with van der Waals surface area (Å²) in [7, 11) is 0. The lowest BCUT2D eigenvalue weighted by Crippen LogP contribution is -2.49. The van der Waals surface area contributed by atoms with Crippen LogP contribution in [0.2, 0.25) is 0 Å². The number of carbonyl (C=O) groups excluding carboxylic acids is 2. The van der Waals surface area contributed by atoms with Gasteiger partial charge in [0.25, 0.3) is 5.91 Å². The summed E-state index contributed by atoms with van der Waals surface area (Å²) >= 11 is 0. The summed E-state index contributed by atoms with van der Waals surface area (Å²) in [6.07, 6.45) is 9.83. The molecule has 158 valence electrons. The van der Waals surface area contributed by atoms with Crippen molar-refractivity contribution in [1.82, 2.24) is 10.8 Å². The molecule has 7 nitrogen and oxygen atoms in total. The lowest BCUT2D eigenvalue weighted by atomic mass is 9.84. The van der Waals surface area contributed by atoms with Gasteiger partial charge in [-0.15, -0.1) is 0 Å². The maximum Gasteiger partial charge on any atom is 0.408 e. The summed E-state index contributed by atoms with van der Waals surface area (Å²) in [4.78, 5) is 30.0. The van der Waals surface area contributed by atoms with Crippen molar-refractivity contribution in [2.45, 2.75) is 96.6 Å². The number of alkyl carbamates (subject to hydrolysis) is 1. The minimum Gasteiger partial charge on any atom is -0.444 e. The Bertz CT molecular complexity index is 431. The van der Waals surface area contributed by atoms with Gasteiger partial charge in [-0.2, -0.15) is 0 Å². The van der Waals surface area contributed by atoms with Crippen LogP contribution in [0.3, 0.4) is 0 Å². The zero-order chi connectivity index (χ0) is 20.1. The topological polar surface area (TPSA) is 103 Å². The second-order valence-corrected chi connectivity index (χ2v) is 8.46. The van der Waals surface area contributed by atoms with Gasteiger partial charge < -0.3 is 15.8 Å². The van der Waals surface area contributed by atoms with Gasteiger partial charge in [0.1, 0.15) is 11.6 Å². The van der Waals surface area contributed by atoms with Gasteiger partial charge in [0.2, 0.25) is 0 Å². The smallest absolute Gasteiger partial charge is 0.408 e. The molecule has 0 heterocycles. The van der Waals surface area contributed by atoms with Crippen LogP contribution >= 0.6 is 0 Å². The van der Waals surface area contributed by atoms with Crippen LogP contribution in [0.4, 0.5) is 4.79 Å². The minimum atomic E-state index is -0.639. The molecular formula is C20H39N3O4. The minimum absolute atomic E-state index is 0.312. The summed E-state index contributed by atoms with van der Waals surface area (Å²) in [5, 5.41) is 2.72. The summed E-state index contributed by atoms with van der Waals surface area (Å²) in [5.74, 6) is 0.133. The van der Waals surface area contributed by atoms with E-state index in [9.17, 15) is 9.59 Å². The maximum absolute atomic E-state index is 12.5. The predicted molar refractivity (Wildman–Crippen MR) is 106 cm³/mol.